The molecule has 0 aliphatic heterocycles. The van der Waals surface area contributed by atoms with E-state index in [9.17, 15) is 13.2 Å². The standard InChI is InChI=1S/C9H8F3N3S/c10-9(11,12)7-6(3-1-2-4-16)5-14-8(13)15-7/h5,16H,2,4H2,(H2,13,14,15). The fourth-order valence-electron chi connectivity index (χ4n) is 0.917. The van der Waals surface area contributed by atoms with Gasteiger partial charge in [0.1, 0.15) is 0 Å². The van der Waals surface area contributed by atoms with E-state index in [-0.39, 0.29) is 5.56 Å². The van der Waals surface area contributed by atoms with Crippen LogP contribution in [0.1, 0.15) is 17.7 Å². The van der Waals surface area contributed by atoms with Crippen molar-refractivity contribution in [1.82, 2.24) is 9.97 Å². The van der Waals surface area contributed by atoms with E-state index in [2.05, 4.69) is 34.4 Å². The first kappa shape index (κ1) is 12.6. The third kappa shape index (κ3) is 3.31. The van der Waals surface area contributed by atoms with Crippen LogP contribution >= 0.6 is 12.6 Å². The SMILES string of the molecule is Nc1ncc(C#CCCS)c(C(F)(F)F)n1. The minimum atomic E-state index is -4.58. The number of nitrogen functional groups attached to an aromatic ring is 1. The lowest BCUT2D eigenvalue weighted by molar-refractivity contribution is -0.141. The number of alkyl halides is 3. The molecular weight excluding hydrogens is 239 g/mol. The van der Waals surface area contributed by atoms with Gasteiger partial charge in [-0.1, -0.05) is 11.8 Å². The lowest BCUT2D eigenvalue weighted by Crippen LogP contribution is -2.13. The number of nitrogens with zero attached hydrogens (tertiary/aromatic N) is 2. The van der Waals surface area contributed by atoms with Crippen molar-refractivity contribution in [3.05, 3.63) is 17.5 Å². The van der Waals surface area contributed by atoms with Crippen LogP contribution in [0.25, 0.3) is 0 Å². The van der Waals surface area contributed by atoms with Gasteiger partial charge >= 0.3 is 6.18 Å². The highest BCUT2D eigenvalue weighted by Crippen LogP contribution is 2.29. The summed E-state index contributed by atoms with van der Waals surface area (Å²) in [5.74, 6) is 4.94. The maximum absolute atomic E-state index is 12.5. The summed E-state index contributed by atoms with van der Waals surface area (Å²) >= 11 is 3.89. The molecule has 0 radical (unpaired) electrons. The summed E-state index contributed by atoms with van der Waals surface area (Å²) in [6.07, 6.45) is -3.22. The highest BCUT2D eigenvalue weighted by molar-refractivity contribution is 7.80. The molecule has 0 unspecified atom stereocenters. The van der Waals surface area contributed by atoms with E-state index in [4.69, 9.17) is 5.73 Å². The Labute approximate surface area is 95.7 Å². The van der Waals surface area contributed by atoms with Gasteiger partial charge in [0.15, 0.2) is 5.69 Å². The molecule has 1 heterocycles. The molecular formula is C9H8F3N3S. The number of rotatable bonds is 1. The number of hydrogen-bond acceptors (Lipinski definition) is 4. The molecule has 3 nitrogen and oxygen atoms in total. The Bertz CT molecular complexity index is 434. The van der Waals surface area contributed by atoms with E-state index in [0.29, 0.717) is 12.2 Å². The molecule has 0 aliphatic carbocycles. The number of halogens is 3. The molecule has 16 heavy (non-hydrogen) atoms. The van der Waals surface area contributed by atoms with Crippen LogP contribution in [0.2, 0.25) is 0 Å². The second kappa shape index (κ2) is 5.07. The van der Waals surface area contributed by atoms with Gasteiger partial charge in [0.2, 0.25) is 5.95 Å². The van der Waals surface area contributed by atoms with Crippen LogP contribution in [-0.2, 0) is 6.18 Å². The number of thiol groups is 1. The van der Waals surface area contributed by atoms with Crippen molar-refractivity contribution in [2.75, 3.05) is 11.5 Å². The van der Waals surface area contributed by atoms with Gasteiger partial charge in [-0.3, -0.25) is 0 Å². The topological polar surface area (TPSA) is 51.8 Å². The normalized spacial score (nSPS) is 10.8. The molecule has 7 heteroatoms. The molecule has 1 aromatic rings. The summed E-state index contributed by atoms with van der Waals surface area (Å²) in [7, 11) is 0. The molecule has 2 N–H and O–H groups in total. The zero-order valence-corrected chi connectivity index (χ0v) is 8.94. The summed E-state index contributed by atoms with van der Waals surface area (Å²) in [4.78, 5) is 6.62. The molecule has 86 valence electrons. The predicted octanol–water partition coefficient (Wildman–Crippen LogP) is 1.75. The molecule has 0 atom stereocenters. The van der Waals surface area contributed by atoms with Crippen molar-refractivity contribution >= 4 is 18.6 Å². The molecule has 0 amide bonds. The Morgan fingerprint density at radius 1 is 1.44 bits per heavy atom. The lowest BCUT2D eigenvalue weighted by Gasteiger charge is -2.07. The maximum atomic E-state index is 12.5. The summed E-state index contributed by atoms with van der Waals surface area (Å²) in [6.45, 7) is 0. The Balaban J connectivity index is 3.15. The first-order valence-electron chi connectivity index (χ1n) is 4.24. The van der Waals surface area contributed by atoms with Crippen LogP contribution in [0.15, 0.2) is 6.20 Å². The Morgan fingerprint density at radius 3 is 2.69 bits per heavy atom. The van der Waals surface area contributed by atoms with E-state index in [0.717, 1.165) is 6.20 Å². The second-order valence-corrected chi connectivity index (χ2v) is 3.21. The molecule has 0 spiro atoms. The van der Waals surface area contributed by atoms with Crippen molar-refractivity contribution in [2.24, 2.45) is 0 Å². The maximum Gasteiger partial charge on any atom is 0.434 e. The Morgan fingerprint density at radius 2 is 2.12 bits per heavy atom. The van der Waals surface area contributed by atoms with E-state index < -0.39 is 17.8 Å². The fourth-order valence-corrected chi connectivity index (χ4v) is 1.03. The smallest absolute Gasteiger partial charge is 0.368 e. The van der Waals surface area contributed by atoms with Crippen LogP contribution in [0.5, 0.6) is 0 Å². The molecule has 0 aliphatic rings. The monoisotopic (exact) mass is 247 g/mol. The number of nitrogens with two attached hydrogens (primary N) is 1. The van der Waals surface area contributed by atoms with Crippen LogP contribution in [0, 0.1) is 11.8 Å². The molecule has 0 fully saturated rings. The molecule has 0 bridgehead atoms. The average molecular weight is 247 g/mol. The van der Waals surface area contributed by atoms with Gasteiger partial charge < -0.3 is 5.73 Å². The van der Waals surface area contributed by atoms with Crippen molar-refractivity contribution < 1.29 is 13.2 Å². The predicted molar refractivity (Wildman–Crippen MR) is 56.8 cm³/mol. The third-order valence-corrected chi connectivity index (χ3v) is 1.76. The Kier molecular flexibility index (Phi) is 4.01. The van der Waals surface area contributed by atoms with Crippen LogP contribution in [0.4, 0.5) is 19.1 Å². The van der Waals surface area contributed by atoms with E-state index in [1.165, 1.54) is 0 Å². The molecule has 0 aromatic carbocycles. The highest BCUT2D eigenvalue weighted by Gasteiger charge is 2.35. The van der Waals surface area contributed by atoms with Gasteiger partial charge in [0.25, 0.3) is 0 Å². The molecule has 1 rings (SSSR count). The minimum absolute atomic E-state index is 0.275. The summed E-state index contributed by atoms with van der Waals surface area (Å²) in [5.41, 5.74) is 3.72. The second-order valence-electron chi connectivity index (χ2n) is 2.76. The number of anilines is 1. The lowest BCUT2D eigenvalue weighted by atomic mass is 10.2. The van der Waals surface area contributed by atoms with Gasteiger partial charge in [-0.05, 0) is 0 Å². The zero-order valence-electron chi connectivity index (χ0n) is 8.04. The van der Waals surface area contributed by atoms with Crippen molar-refractivity contribution in [3.63, 3.8) is 0 Å². The summed E-state index contributed by atoms with van der Waals surface area (Å²) < 4.78 is 37.5. The van der Waals surface area contributed by atoms with Gasteiger partial charge in [-0.15, -0.1) is 0 Å². The first-order chi connectivity index (χ1) is 7.45. The average Bonchev–Trinajstić information content (AvgIpc) is 2.19. The van der Waals surface area contributed by atoms with Crippen LogP contribution < -0.4 is 5.73 Å². The third-order valence-electron chi connectivity index (χ3n) is 1.54. The van der Waals surface area contributed by atoms with Gasteiger partial charge in [0.05, 0.1) is 5.56 Å². The van der Waals surface area contributed by atoms with E-state index in [1.54, 1.807) is 0 Å². The van der Waals surface area contributed by atoms with Crippen LogP contribution in [-0.4, -0.2) is 15.7 Å². The van der Waals surface area contributed by atoms with Crippen molar-refractivity contribution in [3.8, 4) is 11.8 Å². The van der Waals surface area contributed by atoms with Gasteiger partial charge in [-0.25, -0.2) is 9.97 Å². The van der Waals surface area contributed by atoms with Crippen LogP contribution in [0.3, 0.4) is 0 Å². The molecule has 1 aromatic heterocycles. The van der Waals surface area contributed by atoms with Gasteiger partial charge in [0, 0.05) is 18.4 Å². The summed E-state index contributed by atoms with van der Waals surface area (Å²) in [5, 5.41) is 0. The Hall–Kier alpha value is -1.42. The number of hydrogen-bond donors (Lipinski definition) is 2. The summed E-state index contributed by atoms with van der Waals surface area (Å²) in [6, 6.07) is 0. The van der Waals surface area contributed by atoms with Crippen molar-refractivity contribution in [2.45, 2.75) is 12.6 Å². The molecule has 0 saturated heterocycles. The van der Waals surface area contributed by atoms with Gasteiger partial charge in [-0.2, -0.15) is 25.8 Å². The fraction of sp³-hybridized carbons (Fsp3) is 0.333. The number of aromatic nitrogens is 2. The molecule has 0 saturated carbocycles. The van der Waals surface area contributed by atoms with E-state index in [1.807, 2.05) is 0 Å². The minimum Gasteiger partial charge on any atom is -0.368 e. The quantitative estimate of drug-likeness (QED) is 0.587. The first-order valence-corrected chi connectivity index (χ1v) is 4.88. The zero-order chi connectivity index (χ0) is 12.2. The largest absolute Gasteiger partial charge is 0.434 e. The van der Waals surface area contributed by atoms with Crippen molar-refractivity contribution in [1.29, 1.82) is 0 Å². The highest BCUT2D eigenvalue weighted by atomic mass is 32.1. The van der Waals surface area contributed by atoms with E-state index >= 15 is 0 Å².